The molecule has 20 heavy (non-hydrogen) atoms. The van der Waals surface area contributed by atoms with Crippen LogP contribution in [0.5, 0.6) is 0 Å². The zero-order valence-electron chi connectivity index (χ0n) is 11.7. The van der Waals surface area contributed by atoms with Crippen molar-refractivity contribution < 1.29 is 13.2 Å². The average molecular weight is 299 g/mol. The minimum atomic E-state index is -3.48. The van der Waals surface area contributed by atoms with Gasteiger partial charge in [-0.1, -0.05) is 13.0 Å². The first-order valence-electron chi connectivity index (χ1n) is 6.88. The molecule has 0 unspecified atom stereocenters. The zero-order chi connectivity index (χ0) is 14.4. The van der Waals surface area contributed by atoms with Crippen LogP contribution in [0.2, 0.25) is 0 Å². The Morgan fingerprint density at radius 2 is 2.10 bits per heavy atom. The monoisotopic (exact) mass is 299 g/mol. The highest BCUT2D eigenvalue weighted by Crippen LogP contribution is 2.15. The maximum atomic E-state index is 12.4. The number of ether oxygens (including phenoxy) is 1. The number of morpholine rings is 1. The standard InChI is InChI=1S/C13H21N3O3S/c1-2-5-14-10-12-3-4-13(15-11-12)20(17,18)16-6-8-19-9-7-16/h3-4,11,14H,2,5-10H2,1H3. The van der Waals surface area contributed by atoms with E-state index in [0.717, 1.165) is 18.5 Å². The molecule has 0 spiro atoms. The van der Waals surface area contributed by atoms with Crippen LogP contribution >= 0.6 is 0 Å². The molecule has 112 valence electrons. The van der Waals surface area contributed by atoms with Gasteiger partial charge in [0.25, 0.3) is 10.0 Å². The molecule has 2 heterocycles. The summed E-state index contributed by atoms with van der Waals surface area (Å²) in [4.78, 5) is 4.09. The van der Waals surface area contributed by atoms with Gasteiger partial charge in [-0.25, -0.2) is 13.4 Å². The van der Waals surface area contributed by atoms with Gasteiger partial charge in [-0.2, -0.15) is 4.31 Å². The maximum Gasteiger partial charge on any atom is 0.260 e. The molecule has 1 aliphatic rings. The molecule has 0 aromatic carbocycles. The van der Waals surface area contributed by atoms with Crippen molar-refractivity contribution in [1.82, 2.24) is 14.6 Å². The Morgan fingerprint density at radius 1 is 1.35 bits per heavy atom. The normalized spacial score (nSPS) is 17.2. The van der Waals surface area contributed by atoms with Crippen LogP contribution in [-0.4, -0.2) is 50.6 Å². The molecule has 1 saturated heterocycles. The lowest BCUT2D eigenvalue weighted by Gasteiger charge is -2.25. The van der Waals surface area contributed by atoms with Crippen molar-refractivity contribution in [3.63, 3.8) is 0 Å². The van der Waals surface area contributed by atoms with Gasteiger partial charge in [-0.05, 0) is 24.6 Å². The first-order valence-corrected chi connectivity index (χ1v) is 8.32. The SMILES string of the molecule is CCCNCc1ccc(S(=O)(=O)N2CCOCC2)nc1. The summed E-state index contributed by atoms with van der Waals surface area (Å²) < 4.78 is 31.3. The van der Waals surface area contributed by atoms with E-state index >= 15 is 0 Å². The van der Waals surface area contributed by atoms with E-state index in [1.54, 1.807) is 12.3 Å². The summed E-state index contributed by atoms with van der Waals surface area (Å²) in [6.45, 7) is 5.42. The summed E-state index contributed by atoms with van der Waals surface area (Å²) in [5, 5.41) is 3.37. The van der Waals surface area contributed by atoms with E-state index < -0.39 is 10.0 Å². The summed E-state index contributed by atoms with van der Waals surface area (Å²) in [5.41, 5.74) is 0.986. The van der Waals surface area contributed by atoms with Crippen molar-refractivity contribution in [3.05, 3.63) is 23.9 Å². The Bertz CT molecular complexity index is 510. The molecule has 2 rings (SSSR count). The van der Waals surface area contributed by atoms with E-state index in [2.05, 4.69) is 17.2 Å². The van der Waals surface area contributed by atoms with E-state index in [1.807, 2.05) is 6.07 Å². The lowest BCUT2D eigenvalue weighted by Crippen LogP contribution is -2.40. The molecule has 0 saturated carbocycles. The highest BCUT2D eigenvalue weighted by Gasteiger charge is 2.27. The highest BCUT2D eigenvalue weighted by molar-refractivity contribution is 7.89. The molecule has 0 bridgehead atoms. The van der Waals surface area contributed by atoms with Gasteiger partial charge in [0.2, 0.25) is 0 Å². The van der Waals surface area contributed by atoms with E-state index in [-0.39, 0.29) is 5.03 Å². The third kappa shape index (κ3) is 3.76. The van der Waals surface area contributed by atoms with Gasteiger partial charge < -0.3 is 10.1 Å². The first-order chi connectivity index (χ1) is 9.64. The second-order valence-corrected chi connectivity index (χ2v) is 6.58. The van der Waals surface area contributed by atoms with Gasteiger partial charge in [-0.15, -0.1) is 0 Å². The van der Waals surface area contributed by atoms with Crippen molar-refractivity contribution in [2.45, 2.75) is 24.9 Å². The van der Waals surface area contributed by atoms with Gasteiger partial charge >= 0.3 is 0 Å². The Balaban J connectivity index is 2.04. The second-order valence-electron chi connectivity index (χ2n) is 4.70. The van der Waals surface area contributed by atoms with Crippen LogP contribution in [0.1, 0.15) is 18.9 Å². The zero-order valence-corrected chi connectivity index (χ0v) is 12.5. The third-order valence-corrected chi connectivity index (χ3v) is 4.94. The Hall–Kier alpha value is -1.02. The number of nitrogens with zero attached hydrogens (tertiary/aromatic N) is 2. The van der Waals surface area contributed by atoms with Gasteiger partial charge in [0.05, 0.1) is 13.2 Å². The van der Waals surface area contributed by atoms with Gasteiger partial charge in [0.1, 0.15) is 0 Å². The molecule has 1 fully saturated rings. The Kier molecular flexibility index (Phi) is 5.47. The van der Waals surface area contributed by atoms with Gasteiger partial charge in [0.15, 0.2) is 5.03 Å². The van der Waals surface area contributed by atoms with E-state index in [4.69, 9.17) is 4.74 Å². The van der Waals surface area contributed by atoms with Crippen molar-refractivity contribution in [2.75, 3.05) is 32.8 Å². The number of aromatic nitrogens is 1. The molecule has 1 aromatic rings. The fourth-order valence-electron chi connectivity index (χ4n) is 2.00. The summed E-state index contributed by atoms with van der Waals surface area (Å²) in [6, 6.07) is 3.39. The number of rotatable bonds is 6. The van der Waals surface area contributed by atoms with Crippen LogP contribution < -0.4 is 5.32 Å². The van der Waals surface area contributed by atoms with Crippen LogP contribution in [0.4, 0.5) is 0 Å². The van der Waals surface area contributed by atoms with E-state index in [0.29, 0.717) is 32.8 Å². The molecule has 0 atom stereocenters. The van der Waals surface area contributed by atoms with Gasteiger partial charge in [0, 0.05) is 25.8 Å². The molecule has 0 aliphatic carbocycles. The molecule has 0 amide bonds. The van der Waals surface area contributed by atoms with Crippen molar-refractivity contribution in [2.24, 2.45) is 0 Å². The Labute approximate surface area is 120 Å². The summed E-state index contributed by atoms with van der Waals surface area (Å²) in [6.07, 6.45) is 2.69. The van der Waals surface area contributed by atoms with Crippen LogP contribution in [-0.2, 0) is 21.3 Å². The number of sulfonamides is 1. The van der Waals surface area contributed by atoms with Crippen LogP contribution in [0.15, 0.2) is 23.4 Å². The fraction of sp³-hybridized carbons (Fsp3) is 0.615. The van der Waals surface area contributed by atoms with Crippen molar-refractivity contribution in [1.29, 1.82) is 0 Å². The van der Waals surface area contributed by atoms with Crippen LogP contribution in [0, 0.1) is 0 Å². The minimum absolute atomic E-state index is 0.110. The smallest absolute Gasteiger partial charge is 0.260 e. The minimum Gasteiger partial charge on any atom is -0.379 e. The topological polar surface area (TPSA) is 71.5 Å². The molecular weight excluding hydrogens is 278 g/mol. The molecule has 0 radical (unpaired) electrons. The fourth-order valence-corrected chi connectivity index (χ4v) is 3.32. The summed E-state index contributed by atoms with van der Waals surface area (Å²) >= 11 is 0. The summed E-state index contributed by atoms with van der Waals surface area (Å²) in [7, 11) is -3.48. The number of nitrogens with one attached hydrogen (secondary N) is 1. The lowest BCUT2D eigenvalue weighted by atomic mass is 10.3. The van der Waals surface area contributed by atoms with Crippen LogP contribution in [0.25, 0.3) is 0 Å². The Morgan fingerprint density at radius 3 is 2.70 bits per heavy atom. The highest BCUT2D eigenvalue weighted by atomic mass is 32.2. The second kappa shape index (κ2) is 7.12. The predicted molar refractivity (Wildman–Crippen MR) is 75.8 cm³/mol. The molecule has 1 aliphatic heterocycles. The van der Waals surface area contributed by atoms with Crippen LogP contribution in [0.3, 0.4) is 0 Å². The number of pyridine rings is 1. The van der Waals surface area contributed by atoms with Crippen molar-refractivity contribution >= 4 is 10.0 Å². The largest absolute Gasteiger partial charge is 0.379 e. The van der Waals surface area contributed by atoms with E-state index in [1.165, 1.54) is 4.31 Å². The van der Waals surface area contributed by atoms with Crippen molar-refractivity contribution in [3.8, 4) is 0 Å². The summed E-state index contributed by atoms with van der Waals surface area (Å²) in [5.74, 6) is 0. The first kappa shape index (κ1) is 15.4. The quantitative estimate of drug-likeness (QED) is 0.779. The third-order valence-electron chi connectivity index (χ3n) is 3.13. The number of hydrogen-bond acceptors (Lipinski definition) is 5. The lowest BCUT2D eigenvalue weighted by molar-refractivity contribution is 0.0729. The molecule has 1 N–H and O–H groups in total. The molecule has 1 aromatic heterocycles. The van der Waals surface area contributed by atoms with E-state index in [9.17, 15) is 8.42 Å². The molecule has 7 heteroatoms. The molecule has 6 nitrogen and oxygen atoms in total. The maximum absolute atomic E-state index is 12.4. The average Bonchev–Trinajstić information content (AvgIpc) is 2.49. The number of hydrogen-bond donors (Lipinski definition) is 1. The molecular formula is C13H21N3O3S. The predicted octanol–water partition coefficient (Wildman–Crippen LogP) is 0.602. The van der Waals surface area contributed by atoms with Gasteiger partial charge in [-0.3, -0.25) is 0 Å².